The van der Waals surface area contributed by atoms with Gasteiger partial charge in [-0.05, 0) is 24.6 Å². The number of benzene rings is 1. The summed E-state index contributed by atoms with van der Waals surface area (Å²) in [7, 11) is 1.61. The molecular weight excluding hydrogens is 270 g/mol. The SMILES string of the molecule is COCCCNC(=O)COc1ccc(Cl)cc1CO. The monoisotopic (exact) mass is 287 g/mol. The number of rotatable bonds is 8. The Morgan fingerprint density at radius 1 is 1.47 bits per heavy atom. The molecule has 0 bridgehead atoms. The fourth-order valence-electron chi connectivity index (χ4n) is 1.45. The van der Waals surface area contributed by atoms with Gasteiger partial charge in [0.2, 0.25) is 0 Å². The van der Waals surface area contributed by atoms with Crippen molar-refractivity contribution in [2.75, 3.05) is 26.9 Å². The van der Waals surface area contributed by atoms with Crippen LogP contribution in [0.4, 0.5) is 0 Å². The van der Waals surface area contributed by atoms with Crippen molar-refractivity contribution >= 4 is 17.5 Å². The molecule has 2 N–H and O–H groups in total. The van der Waals surface area contributed by atoms with E-state index in [9.17, 15) is 4.79 Å². The highest BCUT2D eigenvalue weighted by molar-refractivity contribution is 6.30. The molecule has 1 rings (SSSR count). The van der Waals surface area contributed by atoms with E-state index in [1.54, 1.807) is 25.3 Å². The van der Waals surface area contributed by atoms with Gasteiger partial charge in [0.15, 0.2) is 6.61 Å². The maximum Gasteiger partial charge on any atom is 0.257 e. The predicted molar refractivity (Wildman–Crippen MR) is 72.4 cm³/mol. The van der Waals surface area contributed by atoms with Gasteiger partial charge < -0.3 is 19.9 Å². The van der Waals surface area contributed by atoms with Gasteiger partial charge in [0.25, 0.3) is 5.91 Å². The summed E-state index contributed by atoms with van der Waals surface area (Å²) in [6, 6.07) is 4.88. The Morgan fingerprint density at radius 2 is 2.26 bits per heavy atom. The summed E-state index contributed by atoms with van der Waals surface area (Å²) in [6.45, 7) is 0.865. The third-order valence-corrected chi connectivity index (χ3v) is 2.63. The number of carbonyl (C=O) groups excluding carboxylic acids is 1. The first-order chi connectivity index (χ1) is 9.17. The molecule has 0 heterocycles. The molecule has 19 heavy (non-hydrogen) atoms. The number of amides is 1. The first kappa shape index (κ1) is 15.8. The maximum atomic E-state index is 11.5. The van der Waals surface area contributed by atoms with Crippen molar-refractivity contribution in [3.05, 3.63) is 28.8 Å². The molecule has 0 atom stereocenters. The zero-order valence-electron chi connectivity index (χ0n) is 10.8. The first-order valence-corrected chi connectivity index (χ1v) is 6.33. The lowest BCUT2D eigenvalue weighted by Gasteiger charge is -2.10. The smallest absolute Gasteiger partial charge is 0.257 e. The highest BCUT2D eigenvalue weighted by Gasteiger charge is 2.06. The van der Waals surface area contributed by atoms with E-state index in [4.69, 9.17) is 26.2 Å². The van der Waals surface area contributed by atoms with Crippen LogP contribution in [0, 0.1) is 0 Å². The number of carbonyl (C=O) groups is 1. The lowest BCUT2D eigenvalue weighted by molar-refractivity contribution is -0.123. The molecule has 0 spiro atoms. The van der Waals surface area contributed by atoms with Crippen molar-refractivity contribution < 1.29 is 19.4 Å². The van der Waals surface area contributed by atoms with Crippen LogP contribution in [0.15, 0.2) is 18.2 Å². The second-order valence-electron chi connectivity index (χ2n) is 3.90. The van der Waals surface area contributed by atoms with Crippen molar-refractivity contribution in [3.63, 3.8) is 0 Å². The Hall–Kier alpha value is -1.30. The molecule has 0 aliphatic carbocycles. The van der Waals surface area contributed by atoms with Crippen molar-refractivity contribution in [1.82, 2.24) is 5.32 Å². The van der Waals surface area contributed by atoms with Crippen molar-refractivity contribution in [2.45, 2.75) is 13.0 Å². The van der Waals surface area contributed by atoms with Crippen LogP contribution >= 0.6 is 11.6 Å². The van der Waals surface area contributed by atoms with Crippen LogP contribution in [0.1, 0.15) is 12.0 Å². The van der Waals surface area contributed by atoms with E-state index >= 15 is 0 Å². The minimum Gasteiger partial charge on any atom is -0.483 e. The van der Waals surface area contributed by atoms with E-state index in [1.165, 1.54) is 0 Å². The predicted octanol–water partition coefficient (Wildman–Crippen LogP) is 1.36. The number of nitrogens with one attached hydrogen (secondary N) is 1. The number of aliphatic hydroxyl groups is 1. The van der Waals surface area contributed by atoms with Crippen LogP contribution < -0.4 is 10.1 Å². The Labute approximate surface area is 117 Å². The molecule has 0 aromatic heterocycles. The molecular formula is C13H18ClNO4. The minimum atomic E-state index is -0.213. The van der Waals surface area contributed by atoms with E-state index in [0.29, 0.717) is 29.5 Å². The molecule has 0 aliphatic rings. The minimum absolute atomic E-state index is 0.0956. The van der Waals surface area contributed by atoms with Crippen molar-refractivity contribution in [2.24, 2.45) is 0 Å². The van der Waals surface area contributed by atoms with Crippen LogP contribution in [0.5, 0.6) is 5.75 Å². The summed E-state index contributed by atoms with van der Waals surface area (Å²) in [5.41, 5.74) is 0.555. The second-order valence-corrected chi connectivity index (χ2v) is 4.33. The Morgan fingerprint density at radius 3 is 2.95 bits per heavy atom. The average Bonchev–Trinajstić information content (AvgIpc) is 2.42. The van der Waals surface area contributed by atoms with E-state index in [2.05, 4.69) is 5.32 Å². The Balaban J connectivity index is 2.37. The van der Waals surface area contributed by atoms with E-state index < -0.39 is 0 Å². The van der Waals surface area contributed by atoms with Gasteiger partial charge in [-0.25, -0.2) is 0 Å². The van der Waals surface area contributed by atoms with Gasteiger partial charge in [0.1, 0.15) is 5.75 Å². The summed E-state index contributed by atoms with van der Waals surface area (Å²) in [4.78, 5) is 11.5. The van der Waals surface area contributed by atoms with Gasteiger partial charge in [-0.2, -0.15) is 0 Å². The number of hydrogen-bond donors (Lipinski definition) is 2. The number of methoxy groups -OCH3 is 1. The molecule has 0 unspecified atom stereocenters. The van der Waals surface area contributed by atoms with Gasteiger partial charge in [0, 0.05) is 30.8 Å². The van der Waals surface area contributed by atoms with Crippen LogP contribution in [-0.4, -0.2) is 37.9 Å². The van der Waals surface area contributed by atoms with Crippen molar-refractivity contribution in [3.8, 4) is 5.75 Å². The molecule has 0 saturated heterocycles. The van der Waals surface area contributed by atoms with Gasteiger partial charge in [-0.3, -0.25) is 4.79 Å². The molecule has 1 aromatic carbocycles. The van der Waals surface area contributed by atoms with Crippen LogP contribution in [0.25, 0.3) is 0 Å². The van der Waals surface area contributed by atoms with Gasteiger partial charge in [-0.1, -0.05) is 11.6 Å². The molecule has 106 valence electrons. The lowest BCUT2D eigenvalue weighted by atomic mass is 10.2. The van der Waals surface area contributed by atoms with Crippen molar-refractivity contribution in [1.29, 1.82) is 0 Å². The van der Waals surface area contributed by atoms with Gasteiger partial charge in [-0.15, -0.1) is 0 Å². The Kier molecular flexibility index (Phi) is 7.25. The van der Waals surface area contributed by atoms with Crippen LogP contribution in [0.3, 0.4) is 0 Å². The lowest BCUT2D eigenvalue weighted by Crippen LogP contribution is -2.30. The zero-order valence-corrected chi connectivity index (χ0v) is 11.6. The largest absolute Gasteiger partial charge is 0.483 e. The third kappa shape index (κ3) is 5.92. The summed E-state index contributed by atoms with van der Waals surface area (Å²) < 4.78 is 10.2. The second kappa shape index (κ2) is 8.74. The van der Waals surface area contributed by atoms with E-state index in [1.807, 2.05) is 0 Å². The molecule has 0 aliphatic heterocycles. The molecule has 0 radical (unpaired) electrons. The van der Waals surface area contributed by atoms with E-state index in [0.717, 1.165) is 6.42 Å². The molecule has 0 saturated carbocycles. The summed E-state index contributed by atoms with van der Waals surface area (Å²) in [6.07, 6.45) is 0.755. The average molecular weight is 288 g/mol. The number of hydrogen-bond acceptors (Lipinski definition) is 4. The number of aliphatic hydroxyl groups excluding tert-OH is 1. The summed E-state index contributed by atoms with van der Waals surface area (Å²) in [5.74, 6) is 0.244. The quantitative estimate of drug-likeness (QED) is 0.709. The normalized spacial score (nSPS) is 10.3. The van der Waals surface area contributed by atoms with Crippen LogP contribution in [-0.2, 0) is 16.1 Å². The first-order valence-electron chi connectivity index (χ1n) is 5.95. The molecule has 1 aromatic rings. The fraction of sp³-hybridized carbons (Fsp3) is 0.462. The van der Waals surface area contributed by atoms with Gasteiger partial charge in [0.05, 0.1) is 6.61 Å². The van der Waals surface area contributed by atoms with E-state index in [-0.39, 0.29) is 19.1 Å². The molecule has 1 amide bonds. The maximum absolute atomic E-state index is 11.5. The molecule has 5 nitrogen and oxygen atoms in total. The summed E-state index contributed by atoms with van der Waals surface area (Å²) >= 11 is 5.80. The number of halogens is 1. The number of ether oxygens (including phenoxy) is 2. The third-order valence-electron chi connectivity index (χ3n) is 2.40. The highest BCUT2D eigenvalue weighted by atomic mass is 35.5. The topological polar surface area (TPSA) is 67.8 Å². The Bertz CT molecular complexity index is 412. The fourth-order valence-corrected chi connectivity index (χ4v) is 1.65. The van der Waals surface area contributed by atoms with Crippen LogP contribution in [0.2, 0.25) is 5.02 Å². The zero-order chi connectivity index (χ0) is 14.1. The summed E-state index contributed by atoms with van der Waals surface area (Å²) in [5, 5.41) is 12.4. The van der Waals surface area contributed by atoms with Gasteiger partial charge >= 0.3 is 0 Å². The standard InChI is InChI=1S/C13H18ClNO4/c1-18-6-2-5-15-13(17)9-19-12-4-3-11(14)7-10(12)8-16/h3-4,7,16H,2,5-6,8-9H2,1H3,(H,15,17). The highest BCUT2D eigenvalue weighted by Crippen LogP contribution is 2.22. The molecule has 0 fully saturated rings. The molecule has 6 heteroatoms.